The largest absolute Gasteiger partial charge is 0.380 e. The van der Waals surface area contributed by atoms with Crippen molar-refractivity contribution in [2.24, 2.45) is 5.73 Å². The second-order valence-corrected chi connectivity index (χ2v) is 9.53. The van der Waals surface area contributed by atoms with Crippen LogP contribution in [-0.2, 0) is 22.6 Å². The molecule has 1 saturated heterocycles. The molecule has 10 heteroatoms. The number of nitrogens with two attached hydrogens (primary N) is 1. The molecule has 7 nitrogen and oxygen atoms in total. The monoisotopic (exact) mass is 483 g/mol. The van der Waals surface area contributed by atoms with Crippen molar-refractivity contribution in [1.82, 2.24) is 10.2 Å². The van der Waals surface area contributed by atoms with E-state index in [-0.39, 0.29) is 12.6 Å². The molecule has 2 amide bonds. The number of hydrogen-bond acceptors (Lipinski definition) is 7. The number of hydrogen-bond donors (Lipinski definition) is 5. The number of aliphatic hydroxyl groups excluding tert-OH is 2. The van der Waals surface area contributed by atoms with Gasteiger partial charge in [0.05, 0.1) is 18.0 Å². The molecule has 1 aliphatic heterocycles. The molecule has 0 spiro atoms. The van der Waals surface area contributed by atoms with Crippen LogP contribution in [0.2, 0.25) is 5.02 Å². The summed E-state index contributed by atoms with van der Waals surface area (Å²) in [6.07, 6.45) is -1.65. The average molecular weight is 484 g/mol. The molecule has 1 aliphatic rings. The fourth-order valence-corrected chi connectivity index (χ4v) is 4.96. The summed E-state index contributed by atoms with van der Waals surface area (Å²) < 4.78 is 0. The van der Waals surface area contributed by atoms with Crippen molar-refractivity contribution in [2.75, 3.05) is 6.54 Å². The number of likely N-dealkylation sites (tertiary alicyclic amines) is 1. The predicted molar refractivity (Wildman–Crippen MR) is 124 cm³/mol. The lowest BCUT2D eigenvalue weighted by Crippen LogP contribution is -2.54. The maximum Gasteiger partial charge on any atom is 0.255 e. The van der Waals surface area contributed by atoms with E-state index < -0.39 is 29.4 Å². The van der Waals surface area contributed by atoms with Gasteiger partial charge in [-0.2, -0.15) is 12.6 Å². The Kier molecular flexibility index (Phi) is 8.37. The molecule has 31 heavy (non-hydrogen) atoms. The summed E-state index contributed by atoms with van der Waals surface area (Å²) in [6.45, 7) is 0.588. The molecule has 4 atom stereocenters. The summed E-state index contributed by atoms with van der Waals surface area (Å²) in [7, 11) is 0. The molecule has 1 aromatic carbocycles. The first-order valence-electron chi connectivity index (χ1n) is 9.95. The highest BCUT2D eigenvalue weighted by molar-refractivity contribution is 7.80. The van der Waals surface area contributed by atoms with Gasteiger partial charge in [-0.05, 0) is 47.9 Å². The highest BCUT2D eigenvalue weighted by Gasteiger charge is 2.39. The Morgan fingerprint density at radius 2 is 2.06 bits per heavy atom. The van der Waals surface area contributed by atoms with Gasteiger partial charge < -0.3 is 26.2 Å². The summed E-state index contributed by atoms with van der Waals surface area (Å²) in [5.41, 5.74) is 7.84. The number of nitrogens with zero attached hydrogens (tertiary/aromatic N) is 1. The van der Waals surface area contributed by atoms with Crippen LogP contribution in [0.5, 0.6) is 0 Å². The van der Waals surface area contributed by atoms with Crippen LogP contribution in [0.25, 0.3) is 0 Å². The zero-order valence-corrected chi connectivity index (χ0v) is 19.2. The van der Waals surface area contributed by atoms with E-state index in [1.165, 1.54) is 16.2 Å². The van der Waals surface area contributed by atoms with Crippen LogP contribution < -0.4 is 11.1 Å². The number of halogens is 1. The third-order valence-corrected chi connectivity index (χ3v) is 6.99. The van der Waals surface area contributed by atoms with Crippen molar-refractivity contribution in [1.29, 1.82) is 0 Å². The summed E-state index contributed by atoms with van der Waals surface area (Å²) >= 11 is 11.8. The van der Waals surface area contributed by atoms with E-state index in [1.807, 2.05) is 35.7 Å². The first-order chi connectivity index (χ1) is 14.8. The van der Waals surface area contributed by atoms with E-state index in [0.29, 0.717) is 24.4 Å². The number of rotatable bonds is 8. The minimum Gasteiger partial charge on any atom is -0.380 e. The van der Waals surface area contributed by atoms with Crippen LogP contribution in [0.1, 0.15) is 28.8 Å². The molecular weight excluding hydrogens is 458 g/mol. The van der Waals surface area contributed by atoms with E-state index in [0.717, 1.165) is 22.4 Å². The van der Waals surface area contributed by atoms with Gasteiger partial charge in [0, 0.05) is 16.4 Å². The lowest BCUT2D eigenvalue weighted by molar-refractivity contribution is -0.153. The normalized spacial score (nSPS) is 19.1. The molecule has 0 radical (unpaired) electrons. The number of carbonyl (C=O) groups is 2. The zero-order chi connectivity index (χ0) is 22.5. The van der Waals surface area contributed by atoms with Crippen molar-refractivity contribution in [3.05, 3.63) is 56.7 Å². The van der Waals surface area contributed by atoms with Crippen LogP contribution in [0.4, 0.5) is 0 Å². The number of nitrogens with one attached hydrogen (secondary N) is 1. The van der Waals surface area contributed by atoms with Crippen molar-refractivity contribution >= 4 is 47.4 Å². The van der Waals surface area contributed by atoms with E-state index in [2.05, 4.69) is 17.9 Å². The second-order valence-electron chi connectivity index (χ2n) is 7.53. The molecule has 2 aromatic rings. The van der Waals surface area contributed by atoms with Crippen molar-refractivity contribution in [3.63, 3.8) is 0 Å². The van der Waals surface area contributed by atoms with Gasteiger partial charge in [0.25, 0.3) is 11.8 Å². The van der Waals surface area contributed by atoms with E-state index >= 15 is 0 Å². The Morgan fingerprint density at radius 3 is 2.77 bits per heavy atom. The van der Waals surface area contributed by atoms with Crippen LogP contribution in [0.15, 0.2) is 35.7 Å². The SMILES string of the molecule is N[C@H](S)[C@H]1CCCN1C(=O)[C@H](O)[C@@H](O)C(=O)NCc1cc(Cc2ccccc2Cl)cs1. The lowest BCUT2D eigenvalue weighted by atomic mass is 10.1. The van der Waals surface area contributed by atoms with E-state index in [1.54, 1.807) is 0 Å². The molecule has 168 valence electrons. The van der Waals surface area contributed by atoms with E-state index in [9.17, 15) is 19.8 Å². The van der Waals surface area contributed by atoms with Gasteiger partial charge >= 0.3 is 0 Å². The van der Waals surface area contributed by atoms with Crippen LogP contribution in [-0.4, -0.2) is 57.1 Å². The lowest BCUT2D eigenvalue weighted by Gasteiger charge is -2.29. The molecule has 1 fully saturated rings. The number of carbonyl (C=O) groups excluding carboxylic acids is 2. The van der Waals surface area contributed by atoms with Crippen LogP contribution in [0, 0.1) is 0 Å². The summed E-state index contributed by atoms with van der Waals surface area (Å²) in [5, 5.41) is 25.1. The standard InChI is InChI=1S/C21H26ClN3O4S2/c22-15-5-2-1-4-13(15)8-12-9-14(31-11-12)10-24-20(28)17(26)18(27)21(29)25-7-3-6-16(25)19(23)30/h1-2,4-5,9,11,16-19,26-27,30H,3,6-8,10,23H2,(H,24,28)/t16-,17-,18-,19-/m1/s1. The molecule has 2 heterocycles. The molecule has 0 saturated carbocycles. The number of aliphatic hydroxyl groups is 2. The van der Waals surface area contributed by atoms with Gasteiger partial charge in [-0.15, -0.1) is 11.3 Å². The number of thiol groups is 1. The van der Waals surface area contributed by atoms with Gasteiger partial charge in [-0.25, -0.2) is 0 Å². The minimum absolute atomic E-state index is 0.178. The Balaban J connectivity index is 1.52. The molecule has 0 unspecified atom stereocenters. The zero-order valence-electron chi connectivity index (χ0n) is 16.8. The smallest absolute Gasteiger partial charge is 0.255 e. The first kappa shape index (κ1) is 24.0. The number of thiophene rings is 1. The predicted octanol–water partition coefficient (Wildman–Crippen LogP) is 1.54. The Morgan fingerprint density at radius 1 is 1.32 bits per heavy atom. The van der Waals surface area contributed by atoms with Crippen molar-refractivity contribution in [3.8, 4) is 0 Å². The molecular formula is C21H26ClN3O4S2. The molecule has 0 aliphatic carbocycles. The van der Waals surface area contributed by atoms with Crippen molar-refractivity contribution in [2.45, 2.75) is 49.4 Å². The van der Waals surface area contributed by atoms with E-state index in [4.69, 9.17) is 17.3 Å². The summed E-state index contributed by atoms with van der Waals surface area (Å²) in [5.74, 6) is -1.53. The van der Waals surface area contributed by atoms with Gasteiger partial charge in [-0.3, -0.25) is 9.59 Å². The molecule has 1 aromatic heterocycles. The average Bonchev–Trinajstić information content (AvgIpc) is 3.41. The maximum atomic E-state index is 12.5. The fourth-order valence-electron chi connectivity index (χ4n) is 3.62. The van der Waals surface area contributed by atoms with Crippen LogP contribution in [0.3, 0.4) is 0 Å². The Bertz CT molecular complexity index is 924. The first-order valence-corrected chi connectivity index (χ1v) is 11.7. The second kappa shape index (κ2) is 10.8. The third-order valence-electron chi connectivity index (χ3n) is 5.29. The van der Waals surface area contributed by atoms with Gasteiger partial charge in [0.2, 0.25) is 0 Å². The Hall–Kier alpha value is -1.62. The highest BCUT2D eigenvalue weighted by atomic mass is 35.5. The third kappa shape index (κ3) is 6.00. The maximum absolute atomic E-state index is 12.5. The quantitative estimate of drug-likeness (QED) is 0.288. The molecule has 5 N–H and O–H groups in total. The number of amides is 2. The Labute approximate surface area is 195 Å². The molecule has 3 rings (SSSR count). The summed E-state index contributed by atoms with van der Waals surface area (Å²) in [6, 6.07) is 9.22. The highest BCUT2D eigenvalue weighted by Crippen LogP contribution is 2.23. The van der Waals surface area contributed by atoms with Gasteiger partial charge in [0.1, 0.15) is 0 Å². The van der Waals surface area contributed by atoms with Gasteiger partial charge in [0.15, 0.2) is 12.2 Å². The van der Waals surface area contributed by atoms with Crippen molar-refractivity contribution < 1.29 is 19.8 Å². The fraction of sp³-hybridized carbons (Fsp3) is 0.429. The minimum atomic E-state index is -1.87. The molecule has 0 bridgehead atoms. The topological polar surface area (TPSA) is 116 Å². The summed E-state index contributed by atoms with van der Waals surface area (Å²) in [4.78, 5) is 27.1. The van der Waals surface area contributed by atoms with Crippen LogP contribution >= 0.6 is 35.6 Å². The van der Waals surface area contributed by atoms with Gasteiger partial charge in [-0.1, -0.05) is 29.8 Å². The number of benzene rings is 1.